The molecule has 0 radical (unpaired) electrons. The van der Waals surface area contributed by atoms with E-state index in [1.54, 1.807) is 31.2 Å². The first-order chi connectivity index (χ1) is 8.91. The fourth-order valence-corrected chi connectivity index (χ4v) is 3.83. The van der Waals surface area contributed by atoms with Crippen molar-refractivity contribution >= 4 is 15.8 Å². The van der Waals surface area contributed by atoms with Gasteiger partial charge in [-0.1, -0.05) is 17.7 Å². The van der Waals surface area contributed by atoms with Crippen LogP contribution in [0.5, 0.6) is 0 Å². The Labute approximate surface area is 114 Å². The van der Waals surface area contributed by atoms with E-state index in [0.717, 1.165) is 5.56 Å². The number of piperidine rings is 1. The summed E-state index contributed by atoms with van der Waals surface area (Å²) in [7, 11) is -3.41. The molecule has 104 valence electrons. The SMILES string of the molecule is CC(=O)C1CCN(S(=O)(=O)c2ccc(C)cc2)CC1. The Morgan fingerprint density at radius 2 is 1.68 bits per heavy atom. The topological polar surface area (TPSA) is 54.5 Å². The zero-order chi connectivity index (χ0) is 14.0. The number of Topliss-reactive ketones (excluding diaryl/α,β-unsaturated/α-hetero) is 1. The van der Waals surface area contributed by atoms with Gasteiger partial charge in [-0.15, -0.1) is 0 Å². The summed E-state index contributed by atoms with van der Waals surface area (Å²) >= 11 is 0. The van der Waals surface area contributed by atoms with Crippen molar-refractivity contribution in [1.82, 2.24) is 4.31 Å². The van der Waals surface area contributed by atoms with Crippen LogP contribution < -0.4 is 0 Å². The Balaban J connectivity index is 2.14. The smallest absolute Gasteiger partial charge is 0.243 e. The average molecular weight is 281 g/mol. The molecule has 0 aromatic heterocycles. The lowest BCUT2D eigenvalue weighted by Crippen LogP contribution is -2.39. The minimum Gasteiger partial charge on any atom is -0.300 e. The number of carbonyl (C=O) groups is 1. The van der Waals surface area contributed by atoms with Crippen molar-refractivity contribution in [3.8, 4) is 0 Å². The van der Waals surface area contributed by atoms with Gasteiger partial charge < -0.3 is 0 Å². The number of carbonyl (C=O) groups excluding carboxylic acids is 1. The maximum atomic E-state index is 12.4. The minimum atomic E-state index is -3.41. The molecule has 5 heteroatoms. The Morgan fingerprint density at radius 1 is 1.16 bits per heavy atom. The monoisotopic (exact) mass is 281 g/mol. The number of benzene rings is 1. The van der Waals surface area contributed by atoms with Crippen molar-refractivity contribution in [2.45, 2.75) is 31.6 Å². The number of hydrogen-bond acceptors (Lipinski definition) is 3. The summed E-state index contributed by atoms with van der Waals surface area (Å²) in [5, 5.41) is 0. The lowest BCUT2D eigenvalue weighted by atomic mass is 9.95. The molecule has 0 N–H and O–H groups in total. The van der Waals surface area contributed by atoms with Crippen LogP contribution in [0.4, 0.5) is 0 Å². The summed E-state index contributed by atoms with van der Waals surface area (Å²) in [6.45, 7) is 4.37. The molecule has 1 aromatic carbocycles. The third kappa shape index (κ3) is 3.04. The predicted octanol–water partition coefficient (Wildman–Crippen LogP) is 1.98. The summed E-state index contributed by atoms with van der Waals surface area (Å²) < 4.78 is 26.3. The number of aryl methyl sites for hydroxylation is 1. The van der Waals surface area contributed by atoms with Crippen LogP contribution in [0.25, 0.3) is 0 Å². The molecule has 1 aliphatic heterocycles. The zero-order valence-electron chi connectivity index (χ0n) is 11.3. The first kappa shape index (κ1) is 14.2. The molecule has 1 fully saturated rings. The van der Waals surface area contributed by atoms with Crippen LogP contribution in [-0.2, 0) is 14.8 Å². The number of hydrogen-bond donors (Lipinski definition) is 0. The Kier molecular flexibility index (Phi) is 4.06. The van der Waals surface area contributed by atoms with E-state index < -0.39 is 10.0 Å². The van der Waals surface area contributed by atoms with Crippen LogP contribution in [0.1, 0.15) is 25.3 Å². The third-order valence-corrected chi connectivity index (χ3v) is 5.60. The standard InChI is InChI=1S/C14H19NO3S/c1-11-3-5-14(6-4-11)19(17,18)15-9-7-13(8-10-15)12(2)16/h3-6,13H,7-10H2,1-2H3. The highest BCUT2D eigenvalue weighted by Crippen LogP contribution is 2.24. The molecule has 2 rings (SSSR count). The maximum Gasteiger partial charge on any atom is 0.243 e. The molecule has 1 saturated heterocycles. The molecule has 0 spiro atoms. The van der Waals surface area contributed by atoms with Gasteiger partial charge in [0.15, 0.2) is 0 Å². The molecule has 0 amide bonds. The first-order valence-corrected chi connectivity index (χ1v) is 7.92. The molecule has 0 aliphatic carbocycles. The van der Waals surface area contributed by atoms with Crippen molar-refractivity contribution in [2.75, 3.05) is 13.1 Å². The largest absolute Gasteiger partial charge is 0.300 e. The van der Waals surface area contributed by atoms with E-state index in [4.69, 9.17) is 0 Å². The van der Waals surface area contributed by atoms with E-state index >= 15 is 0 Å². The van der Waals surface area contributed by atoms with Gasteiger partial charge in [-0.3, -0.25) is 4.79 Å². The summed E-state index contributed by atoms with van der Waals surface area (Å²) in [6, 6.07) is 6.88. The van der Waals surface area contributed by atoms with E-state index in [2.05, 4.69) is 0 Å². The molecule has 1 heterocycles. The van der Waals surface area contributed by atoms with Crippen molar-refractivity contribution in [1.29, 1.82) is 0 Å². The number of rotatable bonds is 3. The Bertz CT molecular complexity index is 555. The zero-order valence-corrected chi connectivity index (χ0v) is 12.1. The molecule has 4 nitrogen and oxygen atoms in total. The maximum absolute atomic E-state index is 12.4. The van der Waals surface area contributed by atoms with Gasteiger partial charge in [-0.2, -0.15) is 4.31 Å². The van der Waals surface area contributed by atoms with Crippen molar-refractivity contribution in [2.24, 2.45) is 5.92 Å². The second-order valence-corrected chi connectivity index (χ2v) is 7.04. The van der Waals surface area contributed by atoms with Crippen LogP contribution in [0.3, 0.4) is 0 Å². The van der Waals surface area contributed by atoms with Crippen LogP contribution in [0.15, 0.2) is 29.2 Å². The van der Waals surface area contributed by atoms with Crippen LogP contribution in [0, 0.1) is 12.8 Å². The summed E-state index contributed by atoms with van der Waals surface area (Å²) in [5.74, 6) is 0.178. The minimum absolute atomic E-state index is 0.0180. The summed E-state index contributed by atoms with van der Waals surface area (Å²) in [6.07, 6.45) is 1.25. The Morgan fingerprint density at radius 3 is 2.16 bits per heavy atom. The fourth-order valence-electron chi connectivity index (χ4n) is 2.36. The number of ketones is 1. The second kappa shape index (κ2) is 5.43. The molecule has 0 saturated carbocycles. The quantitative estimate of drug-likeness (QED) is 0.851. The van der Waals surface area contributed by atoms with Gasteiger partial charge in [-0.05, 0) is 38.8 Å². The van der Waals surface area contributed by atoms with Gasteiger partial charge in [0, 0.05) is 19.0 Å². The first-order valence-electron chi connectivity index (χ1n) is 6.48. The highest BCUT2D eigenvalue weighted by atomic mass is 32.2. The van der Waals surface area contributed by atoms with Crippen LogP contribution in [0.2, 0.25) is 0 Å². The predicted molar refractivity (Wildman–Crippen MR) is 73.3 cm³/mol. The molecule has 0 bridgehead atoms. The van der Waals surface area contributed by atoms with Crippen LogP contribution in [-0.4, -0.2) is 31.6 Å². The molecular weight excluding hydrogens is 262 g/mol. The van der Waals surface area contributed by atoms with Gasteiger partial charge in [0.2, 0.25) is 10.0 Å². The highest BCUT2D eigenvalue weighted by Gasteiger charge is 2.30. The van der Waals surface area contributed by atoms with Crippen LogP contribution >= 0.6 is 0 Å². The van der Waals surface area contributed by atoms with E-state index in [1.807, 2.05) is 6.92 Å². The number of nitrogens with zero attached hydrogens (tertiary/aromatic N) is 1. The Hall–Kier alpha value is -1.20. The van der Waals surface area contributed by atoms with E-state index in [0.29, 0.717) is 30.8 Å². The normalized spacial score (nSPS) is 18.4. The molecule has 1 aliphatic rings. The summed E-state index contributed by atoms with van der Waals surface area (Å²) in [4.78, 5) is 11.6. The highest BCUT2D eigenvalue weighted by molar-refractivity contribution is 7.89. The molecule has 0 atom stereocenters. The second-order valence-electron chi connectivity index (χ2n) is 5.10. The molecular formula is C14H19NO3S. The third-order valence-electron chi connectivity index (χ3n) is 3.69. The molecule has 19 heavy (non-hydrogen) atoms. The van der Waals surface area contributed by atoms with Gasteiger partial charge in [-0.25, -0.2) is 8.42 Å². The fraction of sp³-hybridized carbons (Fsp3) is 0.500. The van der Waals surface area contributed by atoms with E-state index in [-0.39, 0.29) is 11.7 Å². The van der Waals surface area contributed by atoms with Gasteiger partial charge >= 0.3 is 0 Å². The van der Waals surface area contributed by atoms with Gasteiger partial charge in [0.1, 0.15) is 5.78 Å². The van der Waals surface area contributed by atoms with Gasteiger partial charge in [0.25, 0.3) is 0 Å². The number of sulfonamides is 1. The molecule has 0 unspecified atom stereocenters. The summed E-state index contributed by atoms with van der Waals surface area (Å²) in [5.41, 5.74) is 1.04. The van der Waals surface area contributed by atoms with Gasteiger partial charge in [0.05, 0.1) is 4.90 Å². The van der Waals surface area contributed by atoms with Crippen molar-refractivity contribution < 1.29 is 13.2 Å². The van der Waals surface area contributed by atoms with E-state index in [1.165, 1.54) is 4.31 Å². The van der Waals surface area contributed by atoms with E-state index in [9.17, 15) is 13.2 Å². The molecule has 1 aromatic rings. The lowest BCUT2D eigenvalue weighted by molar-refractivity contribution is -0.121. The average Bonchev–Trinajstić information content (AvgIpc) is 2.39. The lowest BCUT2D eigenvalue weighted by Gasteiger charge is -2.30. The van der Waals surface area contributed by atoms with Crippen molar-refractivity contribution in [3.05, 3.63) is 29.8 Å². The van der Waals surface area contributed by atoms with Crippen molar-refractivity contribution in [3.63, 3.8) is 0 Å².